The van der Waals surface area contributed by atoms with Gasteiger partial charge in [-0.2, -0.15) is 0 Å². The van der Waals surface area contributed by atoms with Gasteiger partial charge in [-0.1, -0.05) is 78.4 Å². The molecule has 3 aromatic rings. The van der Waals surface area contributed by atoms with Crippen LogP contribution in [0.4, 0.5) is 0 Å². The summed E-state index contributed by atoms with van der Waals surface area (Å²) in [5, 5.41) is 0. The first-order valence-corrected chi connectivity index (χ1v) is 8.70. The van der Waals surface area contributed by atoms with Crippen LogP contribution < -0.4 is 4.74 Å². The Kier molecular flexibility index (Phi) is 3.93. The van der Waals surface area contributed by atoms with Gasteiger partial charge in [-0.15, -0.1) is 0 Å². The van der Waals surface area contributed by atoms with Crippen LogP contribution in [0.15, 0.2) is 78.9 Å². The Hall–Kier alpha value is -2.80. The largest absolute Gasteiger partial charge is 0.497 e. The lowest BCUT2D eigenvalue weighted by molar-refractivity contribution is 0.414. The average Bonchev–Trinajstić information content (AvgIpc) is 2.68. The molecule has 0 saturated heterocycles. The first-order valence-electron chi connectivity index (χ1n) is 8.70. The maximum atomic E-state index is 5.35. The third-order valence-corrected chi connectivity index (χ3v) is 5.24. The van der Waals surface area contributed by atoms with Gasteiger partial charge < -0.3 is 4.74 Å². The van der Waals surface area contributed by atoms with Crippen LogP contribution in [0.3, 0.4) is 0 Å². The van der Waals surface area contributed by atoms with Crippen molar-refractivity contribution < 1.29 is 4.74 Å². The van der Waals surface area contributed by atoms with Crippen LogP contribution in [0.25, 0.3) is 6.08 Å². The highest BCUT2D eigenvalue weighted by molar-refractivity contribution is 5.64. The maximum absolute atomic E-state index is 5.35. The number of allylic oxidation sites excluding steroid dienone is 1. The molecule has 0 fully saturated rings. The average molecular weight is 326 g/mol. The fourth-order valence-corrected chi connectivity index (χ4v) is 3.75. The van der Waals surface area contributed by atoms with E-state index in [-0.39, 0.29) is 5.41 Å². The number of hydrogen-bond acceptors (Lipinski definition) is 1. The highest BCUT2D eigenvalue weighted by Gasteiger charge is 2.34. The van der Waals surface area contributed by atoms with Crippen LogP contribution in [-0.2, 0) is 11.8 Å². The molecule has 1 unspecified atom stereocenters. The summed E-state index contributed by atoms with van der Waals surface area (Å²) in [4.78, 5) is 0. The van der Waals surface area contributed by atoms with Crippen LogP contribution in [0.1, 0.15) is 27.8 Å². The summed E-state index contributed by atoms with van der Waals surface area (Å²) in [6.07, 6.45) is 5.60. The summed E-state index contributed by atoms with van der Waals surface area (Å²) in [5.41, 5.74) is 6.47. The molecule has 0 bridgehead atoms. The summed E-state index contributed by atoms with van der Waals surface area (Å²) >= 11 is 0. The quantitative estimate of drug-likeness (QED) is 0.612. The van der Waals surface area contributed by atoms with E-state index in [0.717, 1.165) is 12.2 Å². The minimum atomic E-state index is -0.145. The zero-order chi connectivity index (χ0) is 17.3. The molecule has 124 valence electrons. The van der Waals surface area contributed by atoms with Crippen molar-refractivity contribution in [2.24, 2.45) is 0 Å². The van der Waals surface area contributed by atoms with Crippen LogP contribution >= 0.6 is 0 Å². The zero-order valence-corrected chi connectivity index (χ0v) is 14.7. The van der Waals surface area contributed by atoms with Crippen molar-refractivity contribution >= 4 is 6.08 Å². The molecule has 0 heterocycles. The Balaban J connectivity index is 1.88. The van der Waals surface area contributed by atoms with Gasteiger partial charge in [0.1, 0.15) is 5.75 Å². The van der Waals surface area contributed by atoms with E-state index in [1.165, 1.54) is 27.8 Å². The van der Waals surface area contributed by atoms with E-state index >= 15 is 0 Å². The predicted octanol–water partition coefficient (Wildman–Crippen LogP) is 5.56. The third kappa shape index (κ3) is 2.76. The predicted molar refractivity (Wildman–Crippen MR) is 104 cm³/mol. The Labute approximate surface area is 149 Å². The fourth-order valence-electron chi connectivity index (χ4n) is 3.75. The first kappa shape index (κ1) is 15.7. The van der Waals surface area contributed by atoms with Gasteiger partial charge in [-0.25, -0.2) is 0 Å². The Bertz CT molecular complexity index is 904. The molecule has 0 saturated carbocycles. The molecular weight excluding hydrogens is 304 g/mol. The highest BCUT2D eigenvalue weighted by Crippen LogP contribution is 2.42. The van der Waals surface area contributed by atoms with Gasteiger partial charge in [0.25, 0.3) is 0 Å². The van der Waals surface area contributed by atoms with Crippen molar-refractivity contribution in [2.45, 2.75) is 18.8 Å². The molecule has 25 heavy (non-hydrogen) atoms. The number of benzene rings is 3. The van der Waals surface area contributed by atoms with Gasteiger partial charge in [-0.05, 0) is 47.7 Å². The van der Waals surface area contributed by atoms with Crippen molar-refractivity contribution in [3.63, 3.8) is 0 Å². The smallest absolute Gasteiger partial charge is 0.118 e. The Morgan fingerprint density at radius 1 is 0.800 bits per heavy atom. The summed E-state index contributed by atoms with van der Waals surface area (Å²) in [6.45, 7) is 2.13. The Morgan fingerprint density at radius 2 is 1.44 bits per heavy atom. The monoisotopic (exact) mass is 326 g/mol. The first-order chi connectivity index (χ1) is 12.2. The number of aryl methyl sites for hydroxylation is 1. The van der Waals surface area contributed by atoms with Gasteiger partial charge in [-0.3, -0.25) is 0 Å². The van der Waals surface area contributed by atoms with E-state index < -0.39 is 0 Å². The number of fused-ring (bicyclic) bond motifs is 1. The van der Waals surface area contributed by atoms with Crippen molar-refractivity contribution in [1.29, 1.82) is 0 Å². The van der Waals surface area contributed by atoms with Gasteiger partial charge >= 0.3 is 0 Å². The lowest BCUT2D eigenvalue weighted by Gasteiger charge is -2.36. The number of hydrogen-bond donors (Lipinski definition) is 0. The van der Waals surface area contributed by atoms with Crippen molar-refractivity contribution in [3.8, 4) is 5.75 Å². The highest BCUT2D eigenvalue weighted by atomic mass is 16.5. The van der Waals surface area contributed by atoms with Gasteiger partial charge in [0.2, 0.25) is 0 Å². The number of ether oxygens (including phenoxy) is 1. The van der Waals surface area contributed by atoms with Crippen molar-refractivity contribution in [3.05, 3.63) is 107 Å². The van der Waals surface area contributed by atoms with E-state index in [1.54, 1.807) is 7.11 Å². The summed E-state index contributed by atoms with van der Waals surface area (Å²) in [7, 11) is 1.71. The van der Waals surface area contributed by atoms with Crippen LogP contribution in [-0.4, -0.2) is 7.11 Å². The molecule has 1 atom stereocenters. The normalized spacial score (nSPS) is 18.6. The van der Waals surface area contributed by atoms with E-state index in [0.29, 0.717) is 0 Å². The number of methoxy groups -OCH3 is 1. The molecule has 0 aromatic heterocycles. The second kappa shape index (κ2) is 6.25. The Morgan fingerprint density at radius 3 is 2.12 bits per heavy atom. The molecule has 1 heteroatoms. The third-order valence-electron chi connectivity index (χ3n) is 5.24. The zero-order valence-electron chi connectivity index (χ0n) is 14.7. The standard InChI is InChI=1S/C24H22O/c1-18-7-9-21(10-8-18)24(22-11-13-23(25-2)14-12-22)16-15-19-5-3-4-6-20(19)17-24/h3-16H,17H2,1-2H3. The van der Waals surface area contributed by atoms with E-state index in [4.69, 9.17) is 4.74 Å². The second-order valence-electron chi connectivity index (χ2n) is 6.77. The van der Waals surface area contributed by atoms with Crippen LogP contribution in [0.2, 0.25) is 0 Å². The second-order valence-corrected chi connectivity index (χ2v) is 6.77. The van der Waals surface area contributed by atoms with Crippen molar-refractivity contribution in [2.75, 3.05) is 7.11 Å². The van der Waals surface area contributed by atoms with Gasteiger partial charge in [0, 0.05) is 5.41 Å². The van der Waals surface area contributed by atoms with Crippen molar-refractivity contribution in [1.82, 2.24) is 0 Å². The minimum Gasteiger partial charge on any atom is -0.497 e. The molecule has 0 spiro atoms. The van der Waals surface area contributed by atoms with Crippen LogP contribution in [0, 0.1) is 6.92 Å². The molecule has 0 N–H and O–H groups in total. The molecule has 3 aromatic carbocycles. The molecule has 1 aliphatic rings. The molecule has 0 radical (unpaired) electrons. The van der Waals surface area contributed by atoms with E-state index in [9.17, 15) is 0 Å². The number of rotatable bonds is 3. The molecule has 0 amide bonds. The fraction of sp³-hybridized carbons (Fsp3) is 0.167. The lowest BCUT2D eigenvalue weighted by Crippen LogP contribution is -2.30. The minimum absolute atomic E-state index is 0.145. The van der Waals surface area contributed by atoms with E-state index in [2.05, 4.69) is 91.9 Å². The summed E-state index contributed by atoms with van der Waals surface area (Å²) in [5.74, 6) is 0.892. The molecule has 0 aliphatic heterocycles. The van der Waals surface area contributed by atoms with Crippen LogP contribution in [0.5, 0.6) is 5.75 Å². The molecule has 1 aliphatic carbocycles. The van der Waals surface area contributed by atoms with Gasteiger partial charge in [0.15, 0.2) is 0 Å². The molecule has 1 nitrogen and oxygen atoms in total. The molecular formula is C24H22O. The summed E-state index contributed by atoms with van der Waals surface area (Å²) in [6, 6.07) is 26.1. The van der Waals surface area contributed by atoms with E-state index in [1.807, 2.05) is 0 Å². The topological polar surface area (TPSA) is 9.23 Å². The maximum Gasteiger partial charge on any atom is 0.118 e. The lowest BCUT2D eigenvalue weighted by atomic mass is 9.67. The SMILES string of the molecule is COc1ccc(C2(c3ccc(C)cc3)C=Cc3ccccc3C2)cc1. The van der Waals surface area contributed by atoms with Gasteiger partial charge in [0.05, 0.1) is 7.11 Å². The summed E-state index contributed by atoms with van der Waals surface area (Å²) < 4.78 is 5.35. The molecule has 4 rings (SSSR count).